The van der Waals surface area contributed by atoms with Crippen LogP contribution >= 0.6 is 11.6 Å². The first-order chi connectivity index (χ1) is 7.66. The average Bonchev–Trinajstić information content (AvgIpc) is 2.30. The maximum atomic E-state index is 11.9. The van der Waals surface area contributed by atoms with Gasteiger partial charge in [0.2, 0.25) is 5.56 Å². The Morgan fingerprint density at radius 3 is 2.19 bits per heavy atom. The fourth-order valence-corrected chi connectivity index (χ4v) is 1.45. The van der Waals surface area contributed by atoms with Crippen molar-refractivity contribution in [3.63, 3.8) is 0 Å². The van der Waals surface area contributed by atoms with Gasteiger partial charge in [-0.2, -0.15) is 0 Å². The molecule has 0 radical (unpaired) electrons. The molecule has 1 heterocycles. The molecule has 0 amide bonds. The molecule has 0 spiro atoms. The van der Waals surface area contributed by atoms with Gasteiger partial charge in [0.1, 0.15) is 0 Å². The zero-order valence-corrected chi connectivity index (χ0v) is 8.99. The second-order valence-electron chi connectivity index (χ2n) is 3.28. The van der Waals surface area contributed by atoms with Gasteiger partial charge in [0.15, 0.2) is 5.78 Å². The number of carbonyl (C=O) groups excluding carboxylic acids is 1. The van der Waals surface area contributed by atoms with Crippen molar-refractivity contribution < 1.29 is 4.79 Å². The van der Waals surface area contributed by atoms with E-state index >= 15 is 0 Å². The molecule has 0 aliphatic carbocycles. The lowest BCUT2D eigenvalue weighted by atomic mass is 10.1. The maximum Gasteiger partial charge on any atom is 0.247 e. The molecule has 2 rings (SSSR count). The van der Waals surface area contributed by atoms with E-state index in [-0.39, 0.29) is 11.3 Å². The Hall–Kier alpha value is -1.87. The minimum absolute atomic E-state index is 0.145. The summed E-state index contributed by atoms with van der Waals surface area (Å²) < 4.78 is 0. The number of pyridine rings is 1. The van der Waals surface area contributed by atoms with Crippen LogP contribution in [0.5, 0.6) is 0 Å². The van der Waals surface area contributed by atoms with E-state index in [0.717, 1.165) is 0 Å². The molecule has 1 N–H and O–H groups in total. The molecule has 1 aromatic carbocycles. The van der Waals surface area contributed by atoms with E-state index in [4.69, 9.17) is 11.6 Å². The molecule has 0 fully saturated rings. The average molecular weight is 234 g/mol. The highest BCUT2D eigenvalue weighted by atomic mass is 35.5. The summed E-state index contributed by atoms with van der Waals surface area (Å²) in [7, 11) is 0. The minimum atomic E-state index is -0.229. The fourth-order valence-electron chi connectivity index (χ4n) is 1.32. The number of rotatable bonds is 2. The van der Waals surface area contributed by atoms with Gasteiger partial charge < -0.3 is 4.98 Å². The molecule has 4 heteroatoms. The van der Waals surface area contributed by atoms with Crippen LogP contribution in [0.4, 0.5) is 0 Å². The van der Waals surface area contributed by atoms with Crippen LogP contribution in [0, 0.1) is 0 Å². The first-order valence-electron chi connectivity index (χ1n) is 4.66. The Kier molecular flexibility index (Phi) is 2.88. The predicted octanol–water partition coefficient (Wildman–Crippen LogP) is 2.26. The van der Waals surface area contributed by atoms with Crippen molar-refractivity contribution in [2.45, 2.75) is 0 Å². The first kappa shape index (κ1) is 10.6. The van der Waals surface area contributed by atoms with Crippen molar-refractivity contribution in [1.82, 2.24) is 4.98 Å². The summed E-state index contributed by atoms with van der Waals surface area (Å²) in [5.74, 6) is -0.145. The Bertz CT molecular complexity index is 552. The number of H-pyrrole nitrogens is 1. The molecular formula is C12H8ClNO2. The van der Waals surface area contributed by atoms with Crippen LogP contribution < -0.4 is 5.56 Å². The normalized spacial score (nSPS) is 10.1. The van der Waals surface area contributed by atoms with Crippen LogP contribution in [0.1, 0.15) is 15.9 Å². The minimum Gasteiger partial charge on any atom is -0.328 e. The van der Waals surface area contributed by atoms with Crippen LogP contribution in [-0.2, 0) is 0 Å². The monoisotopic (exact) mass is 233 g/mol. The molecule has 2 aromatic rings. The predicted molar refractivity (Wildman–Crippen MR) is 61.9 cm³/mol. The van der Waals surface area contributed by atoms with E-state index in [1.54, 1.807) is 24.3 Å². The second kappa shape index (κ2) is 4.33. The second-order valence-corrected chi connectivity index (χ2v) is 3.71. The van der Waals surface area contributed by atoms with E-state index in [2.05, 4.69) is 4.98 Å². The van der Waals surface area contributed by atoms with Crippen LogP contribution in [0.15, 0.2) is 47.4 Å². The van der Waals surface area contributed by atoms with E-state index in [0.29, 0.717) is 16.1 Å². The quantitative estimate of drug-likeness (QED) is 0.809. The van der Waals surface area contributed by atoms with E-state index < -0.39 is 0 Å². The summed E-state index contributed by atoms with van der Waals surface area (Å²) in [5.41, 5.74) is 0.756. The summed E-state index contributed by atoms with van der Waals surface area (Å²) in [5, 5.41) is 0.581. The Morgan fingerprint density at radius 2 is 1.62 bits per heavy atom. The molecule has 16 heavy (non-hydrogen) atoms. The van der Waals surface area contributed by atoms with Gasteiger partial charge >= 0.3 is 0 Å². The third-order valence-electron chi connectivity index (χ3n) is 2.15. The highest BCUT2D eigenvalue weighted by Gasteiger charge is 2.08. The number of nitrogens with one attached hydrogen (secondary N) is 1. The van der Waals surface area contributed by atoms with Crippen LogP contribution in [-0.4, -0.2) is 10.8 Å². The molecule has 0 bridgehead atoms. The number of halogens is 1. The third kappa shape index (κ3) is 2.20. The topological polar surface area (TPSA) is 49.9 Å². The van der Waals surface area contributed by atoms with Gasteiger partial charge in [0.05, 0.1) is 0 Å². The summed E-state index contributed by atoms with van der Waals surface area (Å²) >= 11 is 5.72. The van der Waals surface area contributed by atoms with Gasteiger partial charge in [-0.05, 0) is 30.3 Å². The molecule has 0 aliphatic rings. The third-order valence-corrected chi connectivity index (χ3v) is 2.40. The van der Waals surface area contributed by atoms with Gasteiger partial charge in [-0.3, -0.25) is 9.59 Å². The lowest BCUT2D eigenvalue weighted by molar-refractivity contribution is 0.103. The van der Waals surface area contributed by atoms with Crippen LogP contribution in [0.2, 0.25) is 5.02 Å². The van der Waals surface area contributed by atoms with E-state index in [1.807, 2.05) is 0 Å². The molecule has 0 saturated heterocycles. The number of ketones is 1. The first-order valence-corrected chi connectivity index (χ1v) is 5.03. The molecule has 80 valence electrons. The van der Waals surface area contributed by atoms with Gasteiger partial charge in [-0.15, -0.1) is 0 Å². The van der Waals surface area contributed by atoms with Gasteiger partial charge in [0, 0.05) is 28.4 Å². The van der Waals surface area contributed by atoms with Crippen molar-refractivity contribution in [3.05, 3.63) is 69.1 Å². The summed E-state index contributed by atoms with van der Waals surface area (Å²) in [6, 6.07) is 9.42. The smallest absolute Gasteiger partial charge is 0.247 e. The standard InChI is InChI=1S/C12H8ClNO2/c13-10-4-1-8(2-5-10)12(16)9-3-6-11(15)14-7-9/h1-7H,(H,14,15). The number of hydrogen-bond donors (Lipinski definition) is 1. The van der Waals surface area contributed by atoms with Gasteiger partial charge in [-0.25, -0.2) is 0 Å². The number of hydrogen-bond acceptors (Lipinski definition) is 2. The highest BCUT2D eigenvalue weighted by molar-refractivity contribution is 6.30. The highest BCUT2D eigenvalue weighted by Crippen LogP contribution is 2.12. The molecular weight excluding hydrogens is 226 g/mol. The lowest BCUT2D eigenvalue weighted by Gasteiger charge is -2.00. The van der Waals surface area contributed by atoms with Crippen molar-refractivity contribution in [1.29, 1.82) is 0 Å². The van der Waals surface area contributed by atoms with Crippen molar-refractivity contribution in [2.75, 3.05) is 0 Å². The Morgan fingerprint density at radius 1 is 1.00 bits per heavy atom. The zero-order chi connectivity index (χ0) is 11.5. The molecule has 0 unspecified atom stereocenters. The van der Waals surface area contributed by atoms with Crippen LogP contribution in [0.25, 0.3) is 0 Å². The van der Waals surface area contributed by atoms with Gasteiger partial charge in [-0.1, -0.05) is 11.6 Å². The zero-order valence-electron chi connectivity index (χ0n) is 8.24. The number of carbonyl (C=O) groups is 1. The van der Waals surface area contributed by atoms with Crippen LogP contribution in [0.3, 0.4) is 0 Å². The van der Waals surface area contributed by atoms with Crippen molar-refractivity contribution in [3.8, 4) is 0 Å². The Labute approximate surface area is 96.7 Å². The fraction of sp³-hybridized carbons (Fsp3) is 0. The molecule has 0 saturated carbocycles. The van der Waals surface area contributed by atoms with Crippen molar-refractivity contribution >= 4 is 17.4 Å². The van der Waals surface area contributed by atoms with E-state index in [1.165, 1.54) is 18.3 Å². The SMILES string of the molecule is O=C(c1ccc(Cl)cc1)c1ccc(=O)[nH]c1. The summed E-state index contributed by atoms with van der Waals surface area (Å²) in [6.45, 7) is 0. The molecule has 0 aliphatic heterocycles. The maximum absolute atomic E-state index is 11.9. The Balaban J connectivity index is 2.35. The van der Waals surface area contributed by atoms with Gasteiger partial charge in [0.25, 0.3) is 0 Å². The lowest BCUT2D eigenvalue weighted by Crippen LogP contribution is -2.07. The summed E-state index contributed by atoms with van der Waals surface area (Å²) in [4.78, 5) is 25.2. The molecule has 3 nitrogen and oxygen atoms in total. The molecule has 1 aromatic heterocycles. The number of benzene rings is 1. The number of aromatic nitrogens is 1. The van der Waals surface area contributed by atoms with Crippen molar-refractivity contribution in [2.24, 2.45) is 0 Å². The molecule has 0 atom stereocenters. The largest absolute Gasteiger partial charge is 0.328 e. The number of aromatic amines is 1. The van der Waals surface area contributed by atoms with E-state index in [9.17, 15) is 9.59 Å². The summed E-state index contributed by atoms with van der Waals surface area (Å²) in [6.07, 6.45) is 1.40.